The SMILES string of the molecule is CC[C@H](C)[C@@H]1CC(=O)CNC(=O)[C@H]2CC(=O)[C@H]([C@@H](C)[C@@H](O)CO)NC(=O)[C@@H]3C[C@@H](O)CN3C(=O)[C@H](CC(N)=O)NC(=O)C(CS(=O)c3[nH]c4c(CSCCOCCOCCOCCOCCOCCN/C=C(\N)CNC(=O)C(C)CC(=O)O)c(O)ccc4c3C2)NC(=O)CNC1=O. The number of aliphatic hydroxyl groups is 3. The number of carboxylic acids is 1. The van der Waals surface area contributed by atoms with Crippen LogP contribution in [0.1, 0.15) is 77.3 Å². The molecule has 3 unspecified atom stereocenters. The molecule has 5 rings (SSSR count). The van der Waals surface area contributed by atoms with Gasteiger partial charge in [0.15, 0.2) is 11.6 Å². The smallest absolute Gasteiger partial charge is 0.304 e. The van der Waals surface area contributed by atoms with Crippen molar-refractivity contribution in [3.05, 3.63) is 35.2 Å². The molecule has 8 amide bonds. The minimum atomic E-state index is -2.45. The van der Waals surface area contributed by atoms with E-state index in [1.165, 1.54) is 43.9 Å². The second-order valence-electron chi connectivity index (χ2n) is 24.0. The molecule has 97 heavy (non-hydrogen) atoms. The summed E-state index contributed by atoms with van der Waals surface area (Å²) in [4.78, 5) is 154. The van der Waals surface area contributed by atoms with E-state index < -0.39 is 206 Å². The van der Waals surface area contributed by atoms with Crippen LogP contribution in [0.3, 0.4) is 0 Å². The minimum Gasteiger partial charge on any atom is -0.508 e. The zero-order chi connectivity index (χ0) is 71.3. The number of Topliss-reactive ketones (excluding diaryl/α,β-unsaturated/α-hetero) is 2. The van der Waals surface area contributed by atoms with Crippen molar-refractivity contribution < 1.29 is 106 Å². The van der Waals surface area contributed by atoms with Gasteiger partial charge < -0.3 is 108 Å². The molecule has 4 heterocycles. The maximum Gasteiger partial charge on any atom is 0.304 e. The van der Waals surface area contributed by atoms with E-state index in [9.17, 15) is 73.2 Å². The number of aliphatic carboxylic acids is 1. The fourth-order valence-corrected chi connectivity index (χ4v) is 13.2. The summed E-state index contributed by atoms with van der Waals surface area (Å²) in [6, 6.07) is -4.18. The maximum absolute atomic E-state index is 15.2. The molecule has 0 radical (unpaired) electrons. The summed E-state index contributed by atoms with van der Waals surface area (Å²) in [6.45, 7) is 7.08. The zero-order valence-electron chi connectivity index (χ0n) is 55.1. The zero-order valence-corrected chi connectivity index (χ0v) is 56.7. The molecule has 1 saturated heterocycles. The number of aromatic nitrogens is 1. The minimum absolute atomic E-state index is 0.0658. The molecule has 0 aliphatic carbocycles. The number of phenols is 1. The second-order valence-corrected chi connectivity index (χ2v) is 26.6. The molecule has 542 valence electrons. The Morgan fingerprint density at radius 2 is 1.46 bits per heavy atom. The Morgan fingerprint density at radius 3 is 2.09 bits per heavy atom. The van der Waals surface area contributed by atoms with Crippen LogP contribution in [0.15, 0.2) is 29.1 Å². The Bertz CT molecular complexity index is 3100. The monoisotopic (exact) mass is 1410 g/mol. The third kappa shape index (κ3) is 25.8. The van der Waals surface area contributed by atoms with Crippen LogP contribution in [0.4, 0.5) is 0 Å². The number of ether oxygens (including phenoxy) is 5. The molecule has 33 nitrogen and oxygen atoms in total. The Hall–Kier alpha value is -7.35. The summed E-state index contributed by atoms with van der Waals surface area (Å²) in [5, 5.41) is 70.4. The number of amides is 8. The summed E-state index contributed by atoms with van der Waals surface area (Å²) in [7, 11) is -2.45. The van der Waals surface area contributed by atoms with Crippen LogP contribution in [0.25, 0.3) is 10.9 Å². The highest BCUT2D eigenvalue weighted by atomic mass is 32.2. The number of aromatic hydroxyl groups is 1. The number of carbonyl (C=O) groups excluding carboxylic acids is 10. The number of aromatic amines is 1. The largest absolute Gasteiger partial charge is 0.508 e. The van der Waals surface area contributed by atoms with Gasteiger partial charge in [0, 0.05) is 90.4 Å². The summed E-state index contributed by atoms with van der Waals surface area (Å²) in [5.41, 5.74) is 12.4. The molecule has 0 saturated carbocycles. The Labute approximate surface area is 567 Å². The van der Waals surface area contributed by atoms with Gasteiger partial charge in [-0.05, 0) is 30.0 Å². The van der Waals surface area contributed by atoms with Crippen molar-refractivity contribution in [3.8, 4) is 5.75 Å². The van der Waals surface area contributed by atoms with Crippen molar-refractivity contribution in [1.29, 1.82) is 0 Å². The summed E-state index contributed by atoms with van der Waals surface area (Å²) < 4.78 is 43.2. The predicted octanol–water partition coefficient (Wildman–Crippen LogP) is -3.81. The number of carboxylic acid groups (broad SMARTS) is 1. The van der Waals surface area contributed by atoms with E-state index in [-0.39, 0.29) is 72.4 Å². The number of primary amides is 1. The number of benzene rings is 1. The molecule has 1 aromatic heterocycles. The highest BCUT2D eigenvalue weighted by Crippen LogP contribution is 2.37. The van der Waals surface area contributed by atoms with Crippen molar-refractivity contribution in [1.82, 2.24) is 47.1 Å². The normalized spacial score (nSPS) is 23.4. The van der Waals surface area contributed by atoms with Crippen LogP contribution >= 0.6 is 11.8 Å². The first-order chi connectivity index (χ1) is 46.2. The van der Waals surface area contributed by atoms with E-state index in [2.05, 4.69) is 42.2 Å². The lowest BCUT2D eigenvalue weighted by Crippen LogP contribution is -2.60. The predicted molar refractivity (Wildman–Crippen MR) is 350 cm³/mol. The van der Waals surface area contributed by atoms with E-state index in [0.29, 0.717) is 69.6 Å². The average Bonchev–Trinajstić information content (AvgIpc) is 1.62. The molecule has 3 aliphatic heterocycles. The van der Waals surface area contributed by atoms with Gasteiger partial charge in [0.25, 0.3) is 0 Å². The number of thioether (sulfide) groups is 1. The fraction of sp³-hybridized carbons (Fsp3) is 0.661. The Balaban J connectivity index is 1.30. The van der Waals surface area contributed by atoms with Gasteiger partial charge in [-0.25, -0.2) is 0 Å². The van der Waals surface area contributed by atoms with Crippen LogP contribution < -0.4 is 48.7 Å². The highest BCUT2D eigenvalue weighted by molar-refractivity contribution is 7.98. The number of ketones is 2. The molecule has 1 aromatic carbocycles. The lowest BCUT2D eigenvalue weighted by Gasteiger charge is -2.32. The van der Waals surface area contributed by atoms with E-state index in [4.69, 9.17) is 40.3 Å². The number of nitrogens with zero attached hydrogens (tertiary/aromatic N) is 1. The van der Waals surface area contributed by atoms with Crippen LogP contribution in [-0.4, -0.2) is 258 Å². The van der Waals surface area contributed by atoms with Crippen molar-refractivity contribution in [2.45, 2.75) is 120 Å². The molecule has 17 N–H and O–H groups in total. The number of rotatable bonds is 33. The van der Waals surface area contributed by atoms with Gasteiger partial charge in [-0.2, -0.15) is 11.8 Å². The number of hydrogen-bond acceptors (Lipinski definition) is 24. The number of phenolic OH excluding ortho intramolecular Hbond substituents is 1. The molecule has 1 fully saturated rings. The van der Waals surface area contributed by atoms with Crippen molar-refractivity contribution in [2.75, 3.05) is 117 Å². The quantitative estimate of drug-likeness (QED) is 0.0305. The molecule has 3 aliphatic rings. The number of fused-ring (bicyclic) bond motifs is 5. The first kappa shape index (κ1) is 80.3. The van der Waals surface area contributed by atoms with E-state index in [1.807, 2.05) is 0 Å². The molecular weight excluding hydrogens is 1310 g/mol. The van der Waals surface area contributed by atoms with Crippen molar-refractivity contribution in [2.24, 2.45) is 41.1 Å². The van der Waals surface area contributed by atoms with Gasteiger partial charge in [-0.15, -0.1) is 0 Å². The fourth-order valence-electron chi connectivity index (χ4n) is 10.9. The maximum atomic E-state index is 15.2. The summed E-state index contributed by atoms with van der Waals surface area (Å²) >= 11 is 1.35. The summed E-state index contributed by atoms with van der Waals surface area (Å²) in [5.74, 6) is -15.4. The average molecular weight is 1410 g/mol. The van der Waals surface area contributed by atoms with Crippen LogP contribution in [-0.2, 0) is 99.4 Å². The van der Waals surface area contributed by atoms with Gasteiger partial charge in [0.2, 0.25) is 47.3 Å². The third-order valence-corrected chi connectivity index (χ3v) is 19.0. The van der Waals surface area contributed by atoms with Gasteiger partial charge in [0.05, 0.1) is 145 Å². The first-order valence-electron chi connectivity index (χ1n) is 32.2. The van der Waals surface area contributed by atoms with Gasteiger partial charge in [-0.3, -0.25) is 56.9 Å². The van der Waals surface area contributed by atoms with Gasteiger partial charge in [0.1, 0.15) is 28.9 Å². The number of aliphatic hydroxyl groups excluding tert-OH is 3. The van der Waals surface area contributed by atoms with Gasteiger partial charge >= 0.3 is 5.97 Å². The lowest BCUT2D eigenvalue weighted by molar-refractivity contribution is -0.144. The van der Waals surface area contributed by atoms with Crippen molar-refractivity contribution >= 4 is 98.3 Å². The second kappa shape index (κ2) is 41.1. The number of nitrogens with two attached hydrogens (primary N) is 2. The number of hydrogen-bond donors (Lipinski definition) is 15. The molecular formula is C62H95N11O22S2. The Morgan fingerprint density at radius 1 is 0.825 bits per heavy atom. The standard InChI is InChI=1S/C62H95N11O22S2/c1-5-34(2)42-23-39(75)28-67-57(85)37-21-43-41-6-7-48(77)44(32-96-19-18-95-17-16-94-15-14-93-13-12-92-11-10-91-9-8-65-26-38(63)27-66-56(84)35(3)20-53(82)83)55(41)72-61(43)97(90)33-46(69-52(81)29-68-58(42)86)59(87)70-45(25-51(64)80)62(89)73-30-40(76)24-47(73)60(88)71-54(49(78)22-37)36(4)50(79)31-74/h6-7,26,34-37,40,42,45-47,50,54,65,72,74,76-77,79H,5,8-25,27-33,63H2,1-4H3,(H2,64,80)(H,66,84)(H,67,85)(H,68,86)(H,69,81)(H,70,87)(H,71,88)(H,82,83)/b38-26-/t34-,35?,36-,37+,40+,42-,45-,46?,47-,50-,54-,97?/m0/s1. The highest BCUT2D eigenvalue weighted by Gasteiger charge is 2.45. The molecule has 2 aromatic rings. The van der Waals surface area contributed by atoms with E-state index >= 15 is 4.21 Å². The molecule has 0 spiro atoms. The molecule has 12 atom stereocenters. The molecule has 2 bridgehead atoms. The lowest BCUT2D eigenvalue weighted by atomic mass is 9.85. The topological polar surface area (TPSA) is 507 Å². The summed E-state index contributed by atoms with van der Waals surface area (Å²) in [6.07, 6.45) is -4.27. The number of H-pyrrole nitrogens is 1. The number of nitrogens with one attached hydrogen (secondary N) is 8. The van der Waals surface area contributed by atoms with Crippen LogP contribution in [0, 0.1) is 29.6 Å². The number of carbonyl (C=O) groups is 11. The molecule has 35 heteroatoms. The third-order valence-electron chi connectivity index (χ3n) is 16.6. The van der Waals surface area contributed by atoms with Gasteiger partial charge in [-0.1, -0.05) is 34.1 Å². The Kier molecular flexibility index (Phi) is 34.1. The van der Waals surface area contributed by atoms with E-state index in [0.717, 1.165) is 4.90 Å². The van der Waals surface area contributed by atoms with Crippen LogP contribution in [0.2, 0.25) is 0 Å². The first-order valence-corrected chi connectivity index (χ1v) is 34.6. The van der Waals surface area contributed by atoms with Crippen LogP contribution in [0.5, 0.6) is 5.75 Å². The van der Waals surface area contributed by atoms with Crippen molar-refractivity contribution in [3.63, 3.8) is 0 Å². The van der Waals surface area contributed by atoms with E-state index in [1.54, 1.807) is 13.8 Å².